The van der Waals surface area contributed by atoms with Crippen molar-refractivity contribution in [2.75, 3.05) is 38.1 Å². The Morgan fingerprint density at radius 3 is 2.65 bits per heavy atom. The fraction of sp³-hybridized carbons (Fsp3) is 0.438. The monoisotopic (exact) mass is 289 g/mol. The minimum Gasteiger partial charge on any atom is -0.353 e. The molecule has 1 aliphatic rings. The first kappa shape index (κ1) is 13.7. The van der Waals surface area contributed by atoms with Crippen LogP contribution in [0.15, 0.2) is 24.3 Å². The molecule has 0 aliphatic carbocycles. The van der Waals surface area contributed by atoms with Gasteiger partial charge in [0.05, 0.1) is 5.02 Å². The zero-order valence-corrected chi connectivity index (χ0v) is 12.8. The zero-order chi connectivity index (χ0) is 14.1. The summed E-state index contributed by atoms with van der Waals surface area (Å²) in [6, 6.07) is 8.25. The smallest absolute Gasteiger partial charge is 0.138 e. The number of rotatable bonds is 2. The Morgan fingerprint density at radius 1 is 1.20 bits per heavy atom. The molecule has 3 nitrogen and oxygen atoms in total. The van der Waals surface area contributed by atoms with Crippen LogP contribution in [0.5, 0.6) is 0 Å². The molecule has 20 heavy (non-hydrogen) atoms. The van der Waals surface area contributed by atoms with Crippen molar-refractivity contribution in [1.29, 1.82) is 0 Å². The SMILES string of the molecule is CCc1cc2cccc(Cl)c2c(N2CCN(C)CC2)n1. The van der Waals surface area contributed by atoms with Crippen molar-refractivity contribution in [3.05, 3.63) is 35.0 Å². The number of halogens is 1. The van der Waals surface area contributed by atoms with E-state index >= 15 is 0 Å². The molecule has 1 saturated heterocycles. The van der Waals surface area contributed by atoms with Crippen LogP contribution in [0.3, 0.4) is 0 Å². The van der Waals surface area contributed by atoms with E-state index in [0.29, 0.717) is 0 Å². The number of hydrogen-bond donors (Lipinski definition) is 0. The highest BCUT2D eigenvalue weighted by atomic mass is 35.5. The highest BCUT2D eigenvalue weighted by molar-refractivity contribution is 6.36. The maximum atomic E-state index is 6.43. The van der Waals surface area contributed by atoms with Gasteiger partial charge in [-0.15, -0.1) is 0 Å². The molecule has 4 heteroatoms. The Hall–Kier alpha value is -1.32. The molecule has 0 saturated carbocycles. The minimum atomic E-state index is 0.798. The number of pyridine rings is 1. The topological polar surface area (TPSA) is 19.4 Å². The van der Waals surface area contributed by atoms with E-state index in [4.69, 9.17) is 16.6 Å². The van der Waals surface area contributed by atoms with Crippen molar-refractivity contribution in [2.45, 2.75) is 13.3 Å². The Morgan fingerprint density at radius 2 is 1.95 bits per heavy atom. The first-order valence-corrected chi connectivity index (χ1v) is 7.58. The van der Waals surface area contributed by atoms with Crippen molar-refractivity contribution in [1.82, 2.24) is 9.88 Å². The fourth-order valence-electron chi connectivity index (χ4n) is 2.73. The maximum absolute atomic E-state index is 6.43. The molecule has 1 aliphatic heterocycles. The molecule has 106 valence electrons. The van der Waals surface area contributed by atoms with Gasteiger partial charge in [-0.1, -0.05) is 30.7 Å². The summed E-state index contributed by atoms with van der Waals surface area (Å²) in [5.74, 6) is 1.05. The van der Waals surface area contributed by atoms with Crippen molar-refractivity contribution >= 4 is 28.2 Å². The molecule has 1 fully saturated rings. The molecular formula is C16H20ClN3. The van der Waals surface area contributed by atoms with Crippen LogP contribution in [0.4, 0.5) is 5.82 Å². The number of fused-ring (bicyclic) bond motifs is 1. The van der Waals surface area contributed by atoms with Gasteiger partial charge in [-0.05, 0) is 31.0 Å². The van der Waals surface area contributed by atoms with Gasteiger partial charge in [-0.2, -0.15) is 0 Å². The van der Waals surface area contributed by atoms with Crippen LogP contribution in [0.2, 0.25) is 5.02 Å². The van der Waals surface area contributed by atoms with E-state index in [2.05, 4.69) is 35.9 Å². The number of piperazine rings is 1. The van der Waals surface area contributed by atoms with Crippen molar-refractivity contribution < 1.29 is 0 Å². The van der Waals surface area contributed by atoms with Crippen LogP contribution in [-0.4, -0.2) is 43.1 Å². The largest absolute Gasteiger partial charge is 0.353 e. The van der Waals surface area contributed by atoms with E-state index in [1.54, 1.807) is 0 Å². The lowest BCUT2D eigenvalue weighted by molar-refractivity contribution is 0.312. The average Bonchev–Trinajstić information content (AvgIpc) is 2.47. The van der Waals surface area contributed by atoms with E-state index < -0.39 is 0 Å². The predicted molar refractivity (Wildman–Crippen MR) is 85.8 cm³/mol. The third-order valence-corrected chi connectivity index (χ3v) is 4.32. The molecule has 2 heterocycles. The van der Waals surface area contributed by atoms with Crippen LogP contribution in [-0.2, 0) is 6.42 Å². The Kier molecular flexibility index (Phi) is 3.81. The van der Waals surface area contributed by atoms with E-state index in [9.17, 15) is 0 Å². The molecule has 0 unspecified atom stereocenters. The fourth-order valence-corrected chi connectivity index (χ4v) is 3.00. The van der Waals surface area contributed by atoms with Gasteiger partial charge in [0.1, 0.15) is 5.82 Å². The summed E-state index contributed by atoms with van der Waals surface area (Å²) < 4.78 is 0. The lowest BCUT2D eigenvalue weighted by Gasteiger charge is -2.34. The lowest BCUT2D eigenvalue weighted by Crippen LogP contribution is -2.45. The van der Waals surface area contributed by atoms with Gasteiger partial charge in [0.25, 0.3) is 0 Å². The van der Waals surface area contributed by atoms with E-state index in [-0.39, 0.29) is 0 Å². The van der Waals surface area contributed by atoms with Gasteiger partial charge in [0, 0.05) is 37.3 Å². The summed E-state index contributed by atoms with van der Waals surface area (Å²) in [5, 5.41) is 3.08. The molecule has 0 N–H and O–H groups in total. The summed E-state index contributed by atoms with van der Waals surface area (Å²) in [6.45, 7) is 6.31. The van der Waals surface area contributed by atoms with Gasteiger partial charge in [-0.25, -0.2) is 4.98 Å². The van der Waals surface area contributed by atoms with Crippen LogP contribution in [0, 0.1) is 0 Å². The molecule has 0 spiro atoms. The molecule has 0 amide bonds. The number of benzene rings is 1. The maximum Gasteiger partial charge on any atom is 0.138 e. The van der Waals surface area contributed by atoms with E-state index in [1.165, 1.54) is 5.39 Å². The van der Waals surface area contributed by atoms with Gasteiger partial charge in [0.2, 0.25) is 0 Å². The van der Waals surface area contributed by atoms with Gasteiger partial charge in [0.15, 0.2) is 0 Å². The third kappa shape index (κ3) is 2.48. The summed E-state index contributed by atoms with van der Waals surface area (Å²) in [6.07, 6.45) is 0.948. The van der Waals surface area contributed by atoms with Gasteiger partial charge < -0.3 is 9.80 Å². The molecular weight excluding hydrogens is 270 g/mol. The molecule has 1 aromatic carbocycles. The van der Waals surface area contributed by atoms with E-state index in [1.807, 2.05) is 12.1 Å². The van der Waals surface area contributed by atoms with Crippen LogP contribution < -0.4 is 4.90 Å². The Labute approximate surface area is 125 Å². The van der Waals surface area contributed by atoms with Gasteiger partial charge in [-0.3, -0.25) is 0 Å². The quantitative estimate of drug-likeness (QED) is 0.846. The number of aromatic nitrogens is 1. The first-order valence-electron chi connectivity index (χ1n) is 7.20. The van der Waals surface area contributed by atoms with Crippen molar-refractivity contribution in [2.24, 2.45) is 0 Å². The summed E-state index contributed by atoms with van der Waals surface area (Å²) >= 11 is 6.43. The third-order valence-electron chi connectivity index (χ3n) is 4.01. The van der Waals surface area contributed by atoms with Gasteiger partial charge >= 0.3 is 0 Å². The van der Waals surface area contributed by atoms with Crippen LogP contribution in [0.1, 0.15) is 12.6 Å². The predicted octanol–water partition coefficient (Wildman–Crippen LogP) is 3.20. The number of nitrogens with zero attached hydrogens (tertiary/aromatic N) is 3. The van der Waals surface area contributed by atoms with Crippen molar-refractivity contribution in [3.63, 3.8) is 0 Å². The number of likely N-dealkylation sites (N-methyl/N-ethyl adjacent to an activating group) is 1. The molecule has 1 aromatic heterocycles. The Bertz CT molecular complexity index is 618. The lowest BCUT2D eigenvalue weighted by atomic mass is 10.1. The number of hydrogen-bond acceptors (Lipinski definition) is 3. The number of anilines is 1. The molecule has 3 rings (SSSR count). The second-order valence-corrected chi connectivity index (χ2v) is 5.83. The van der Waals surface area contributed by atoms with Crippen molar-refractivity contribution in [3.8, 4) is 0 Å². The van der Waals surface area contributed by atoms with Crippen LogP contribution >= 0.6 is 11.6 Å². The van der Waals surface area contributed by atoms with Crippen LogP contribution in [0.25, 0.3) is 10.8 Å². The standard InChI is InChI=1S/C16H20ClN3/c1-3-13-11-12-5-4-6-14(17)15(12)16(18-13)20-9-7-19(2)8-10-20/h4-6,11H,3,7-10H2,1-2H3. The summed E-state index contributed by atoms with van der Waals surface area (Å²) in [5.41, 5.74) is 1.13. The first-order chi connectivity index (χ1) is 9.69. The number of aryl methyl sites for hydroxylation is 1. The normalized spacial score (nSPS) is 16.9. The second kappa shape index (κ2) is 5.58. The molecule has 2 aromatic rings. The molecule has 0 atom stereocenters. The Balaban J connectivity index is 2.12. The minimum absolute atomic E-state index is 0.798. The molecule has 0 bridgehead atoms. The van der Waals surface area contributed by atoms with E-state index in [0.717, 1.165) is 54.5 Å². The highest BCUT2D eigenvalue weighted by Crippen LogP contribution is 2.32. The second-order valence-electron chi connectivity index (χ2n) is 5.42. The molecule has 0 radical (unpaired) electrons. The summed E-state index contributed by atoms with van der Waals surface area (Å²) in [4.78, 5) is 9.57. The highest BCUT2D eigenvalue weighted by Gasteiger charge is 2.19. The average molecular weight is 290 g/mol. The zero-order valence-electron chi connectivity index (χ0n) is 12.1. The summed E-state index contributed by atoms with van der Waals surface area (Å²) in [7, 11) is 2.16.